The van der Waals surface area contributed by atoms with Crippen molar-refractivity contribution in [2.24, 2.45) is 0 Å². The van der Waals surface area contributed by atoms with Crippen LogP contribution in [0.2, 0.25) is 0 Å². The summed E-state index contributed by atoms with van der Waals surface area (Å²) in [4.78, 5) is 39.4. The van der Waals surface area contributed by atoms with Gasteiger partial charge < -0.3 is 20.3 Å². The second-order valence-corrected chi connectivity index (χ2v) is 8.66. The molecule has 0 aromatic heterocycles. The lowest BCUT2D eigenvalue weighted by molar-refractivity contribution is -0.146. The highest BCUT2D eigenvalue weighted by Crippen LogP contribution is 2.38. The summed E-state index contributed by atoms with van der Waals surface area (Å²) in [5.74, 6) is -0.576. The number of aryl methyl sites for hydroxylation is 1. The van der Waals surface area contributed by atoms with Gasteiger partial charge in [-0.25, -0.2) is 9.59 Å². The van der Waals surface area contributed by atoms with Gasteiger partial charge in [-0.1, -0.05) is 43.3 Å². The Morgan fingerprint density at radius 3 is 2.31 bits per heavy atom. The first kappa shape index (κ1) is 24.0. The Kier molecular flexibility index (Phi) is 6.87. The van der Waals surface area contributed by atoms with Gasteiger partial charge in [0.15, 0.2) is 0 Å². The first-order valence-corrected chi connectivity index (χ1v) is 11.6. The van der Waals surface area contributed by atoms with E-state index in [1.165, 1.54) is 7.11 Å². The Bertz CT molecular complexity index is 1270. The van der Waals surface area contributed by atoms with Crippen molar-refractivity contribution in [2.75, 3.05) is 17.7 Å². The predicted octanol–water partition coefficient (Wildman–Crippen LogP) is 5.77. The molecule has 0 unspecified atom stereocenters. The number of benzene rings is 3. The third-order valence-corrected chi connectivity index (χ3v) is 6.33. The van der Waals surface area contributed by atoms with Gasteiger partial charge in [-0.2, -0.15) is 0 Å². The number of anilines is 2. The molecule has 1 aliphatic heterocycles. The van der Waals surface area contributed by atoms with Crippen molar-refractivity contribution < 1.29 is 19.1 Å². The smallest absolute Gasteiger partial charge is 0.328 e. The lowest BCUT2D eigenvalue weighted by Gasteiger charge is -2.29. The summed E-state index contributed by atoms with van der Waals surface area (Å²) in [6.07, 6.45) is 0.482. The van der Waals surface area contributed by atoms with Gasteiger partial charge in [0.1, 0.15) is 6.04 Å². The topological polar surface area (TPSA) is 87.7 Å². The van der Waals surface area contributed by atoms with Crippen molar-refractivity contribution in [3.8, 4) is 11.1 Å². The van der Waals surface area contributed by atoms with Gasteiger partial charge in [-0.05, 0) is 72.9 Å². The maximum atomic E-state index is 13.2. The van der Waals surface area contributed by atoms with Gasteiger partial charge >= 0.3 is 12.0 Å². The van der Waals surface area contributed by atoms with Crippen LogP contribution in [-0.4, -0.2) is 36.0 Å². The van der Waals surface area contributed by atoms with E-state index in [-0.39, 0.29) is 18.0 Å². The summed E-state index contributed by atoms with van der Waals surface area (Å²) >= 11 is 0. The van der Waals surface area contributed by atoms with Crippen LogP contribution in [0, 0.1) is 6.92 Å². The first-order valence-electron chi connectivity index (χ1n) is 11.6. The molecular weight excluding hydrogens is 442 g/mol. The summed E-state index contributed by atoms with van der Waals surface area (Å²) in [7, 11) is 1.34. The molecule has 0 radical (unpaired) electrons. The highest BCUT2D eigenvalue weighted by molar-refractivity contribution is 6.02. The van der Waals surface area contributed by atoms with Crippen LogP contribution in [0.15, 0.2) is 66.7 Å². The molecule has 7 heteroatoms. The number of nitrogens with zero attached hydrogens (tertiary/aromatic N) is 1. The zero-order valence-electron chi connectivity index (χ0n) is 20.3. The van der Waals surface area contributed by atoms with Gasteiger partial charge in [0.05, 0.1) is 13.2 Å². The zero-order valence-corrected chi connectivity index (χ0v) is 20.3. The molecule has 0 saturated heterocycles. The molecule has 3 aromatic carbocycles. The van der Waals surface area contributed by atoms with E-state index in [4.69, 9.17) is 4.74 Å². The molecule has 0 fully saturated rings. The molecular formula is C28H29N3O4. The van der Waals surface area contributed by atoms with E-state index < -0.39 is 12.0 Å². The third kappa shape index (κ3) is 4.89. The number of methoxy groups -OCH3 is 1. The summed E-state index contributed by atoms with van der Waals surface area (Å²) in [5, 5.41) is 5.65. The van der Waals surface area contributed by atoms with Crippen LogP contribution in [0.25, 0.3) is 11.1 Å². The molecule has 180 valence electrons. The number of rotatable bonds is 6. The second-order valence-electron chi connectivity index (χ2n) is 8.66. The zero-order chi connectivity index (χ0) is 25.1. The van der Waals surface area contributed by atoms with Gasteiger partial charge in [-0.15, -0.1) is 0 Å². The molecule has 4 rings (SSSR count). The third-order valence-electron chi connectivity index (χ3n) is 6.33. The number of carbonyl (C=O) groups is 3. The van der Waals surface area contributed by atoms with Crippen molar-refractivity contribution in [1.29, 1.82) is 0 Å². The average Bonchev–Trinajstić information content (AvgIpc) is 3.09. The predicted molar refractivity (Wildman–Crippen MR) is 136 cm³/mol. The Morgan fingerprint density at radius 2 is 1.66 bits per heavy atom. The van der Waals surface area contributed by atoms with Crippen LogP contribution in [0.1, 0.15) is 47.8 Å². The first-order chi connectivity index (χ1) is 16.8. The minimum absolute atomic E-state index is 0.169. The number of esters is 1. The number of nitrogens with one attached hydrogen (secondary N) is 2. The minimum Gasteiger partial charge on any atom is -0.467 e. The molecule has 1 aliphatic rings. The molecule has 3 aromatic rings. The maximum Gasteiger partial charge on any atom is 0.328 e. The summed E-state index contributed by atoms with van der Waals surface area (Å²) in [6.45, 7) is 5.76. The van der Waals surface area contributed by atoms with Crippen molar-refractivity contribution in [2.45, 2.75) is 39.3 Å². The number of ether oxygens (including phenoxy) is 1. The van der Waals surface area contributed by atoms with Gasteiger partial charge in [0.2, 0.25) is 0 Å². The van der Waals surface area contributed by atoms with E-state index in [9.17, 15) is 14.4 Å². The highest BCUT2D eigenvalue weighted by atomic mass is 16.5. The van der Waals surface area contributed by atoms with Crippen molar-refractivity contribution in [3.05, 3.63) is 83.4 Å². The molecule has 3 amide bonds. The van der Waals surface area contributed by atoms with E-state index in [1.54, 1.807) is 4.90 Å². The van der Waals surface area contributed by atoms with Gasteiger partial charge in [-0.3, -0.25) is 4.79 Å². The molecule has 7 nitrogen and oxygen atoms in total. The number of fused-ring (bicyclic) bond motifs is 1. The normalized spacial score (nSPS) is 15.4. The van der Waals surface area contributed by atoms with Crippen LogP contribution in [0.5, 0.6) is 0 Å². The number of hydrogen-bond donors (Lipinski definition) is 2. The monoisotopic (exact) mass is 471 g/mol. The van der Waals surface area contributed by atoms with E-state index in [1.807, 2.05) is 87.5 Å². The highest BCUT2D eigenvalue weighted by Gasteiger charge is 2.41. The van der Waals surface area contributed by atoms with Crippen LogP contribution in [0.3, 0.4) is 0 Å². The Labute approximate surface area is 205 Å². The summed E-state index contributed by atoms with van der Waals surface area (Å²) in [5.41, 5.74) is 5.73. The van der Waals surface area contributed by atoms with Crippen LogP contribution < -0.4 is 10.6 Å². The molecule has 0 aliphatic carbocycles. The lowest BCUT2D eigenvalue weighted by atomic mass is 9.98. The summed E-state index contributed by atoms with van der Waals surface area (Å²) in [6, 6.07) is 19.6. The molecule has 2 atom stereocenters. The van der Waals surface area contributed by atoms with Crippen molar-refractivity contribution in [3.63, 3.8) is 0 Å². The van der Waals surface area contributed by atoms with Crippen LogP contribution in [0.4, 0.5) is 16.2 Å². The number of amides is 3. The molecule has 0 bridgehead atoms. The van der Waals surface area contributed by atoms with Crippen LogP contribution in [-0.2, 0) is 9.53 Å². The quantitative estimate of drug-likeness (QED) is 0.447. The second kappa shape index (κ2) is 10.0. The Hall–Kier alpha value is -4.13. The van der Waals surface area contributed by atoms with Gasteiger partial charge in [0.25, 0.3) is 5.91 Å². The van der Waals surface area contributed by atoms with Crippen molar-refractivity contribution >= 4 is 29.3 Å². The minimum atomic E-state index is -0.616. The van der Waals surface area contributed by atoms with Crippen LogP contribution >= 0.6 is 0 Å². The number of carbonyl (C=O) groups excluding carboxylic acids is 3. The Morgan fingerprint density at radius 1 is 0.971 bits per heavy atom. The summed E-state index contributed by atoms with van der Waals surface area (Å²) < 4.78 is 4.91. The molecule has 0 spiro atoms. The standard InChI is InChI=1S/C28H29N3O4/c1-5-25(27(33)35-4)31-18(3)23-14-11-20(16-24(23)26(31)32)19-9-12-21(13-10-19)29-28(34)30-22-8-6-7-17(2)15-22/h6-16,18,25H,5H2,1-4H3,(H2,29,30,34)/t18-,25-/m0/s1. The molecule has 35 heavy (non-hydrogen) atoms. The lowest BCUT2D eigenvalue weighted by Crippen LogP contribution is -2.43. The number of hydrogen-bond acceptors (Lipinski definition) is 4. The largest absolute Gasteiger partial charge is 0.467 e. The van der Waals surface area contributed by atoms with E-state index in [2.05, 4.69) is 10.6 Å². The van der Waals surface area contributed by atoms with E-state index >= 15 is 0 Å². The van der Waals surface area contributed by atoms with Crippen molar-refractivity contribution in [1.82, 2.24) is 4.90 Å². The molecule has 2 N–H and O–H groups in total. The fourth-order valence-electron chi connectivity index (χ4n) is 4.54. The SMILES string of the molecule is CC[C@@H](C(=O)OC)N1C(=O)c2cc(-c3ccc(NC(=O)Nc4cccc(C)c4)cc3)ccc2[C@@H]1C. The fraction of sp³-hybridized carbons (Fsp3) is 0.250. The van der Waals surface area contributed by atoms with E-state index in [0.29, 0.717) is 17.7 Å². The van der Waals surface area contributed by atoms with E-state index in [0.717, 1.165) is 27.9 Å². The molecule has 0 saturated carbocycles. The van der Waals surface area contributed by atoms with Gasteiger partial charge in [0, 0.05) is 16.9 Å². The maximum absolute atomic E-state index is 13.2. The average molecular weight is 472 g/mol. The fourth-order valence-corrected chi connectivity index (χ4v) is 4.54. The molecule has 1 heterocycles. The number of urea groups is 1. The Balaban J connectivity index is 1.49.